The van der Waals surface area contributed by atoms with Crippen LogP contribution in [0.4, 0.5) is 4.39 Å². The fourth-order valence-electron chi connectivity index (χ4n) is 3.92. The molecule has 0 atom stereocenters. The summed E-state index contributed by atoms with van der Waals surface area (Å²) in [5, 5.41) is 0. The van der Waals surface area contributed by atoms with Crippen LogP contribution in [0.2, 0.25) is 0 Å². The fraction of sp³-hybridized carbons (Fsp3) is 0.333. The molecule has 1 saturated heterocycles. The first kappa shape index (κ1) is 17.7. The van der Waals surface area contributed by atoms with E-state index >= 15 is 0 Å². The number of imidazole rings is 1. The summed E-state index contributed by atoms with van der Waals surface area (Å²) in [5.74, 6) is -0.0463. The van der Waals surface area contributed by atoms with E-state index in [9.17, 15) is 9.18 Å². The molecule has 0 spiro atoms. The molecule has 2 heterocycles. The largest absolute Gasteiger partial charge is 0.366 e. The van der Waals surface area contributed by atoms with Gasteiger partial charge in [0.15, 0.2) is 0 Å². The Balaban J connectivity index is 1.64. The van der Waals surface area contributed by atoms with Crippen LogP contribution in [0.25, 0.3) is 22.4 Å². The number of halogens is 1. The highest BCUT2D eigenvalue weighted by Gasteiger charge is 2.21. The number of fused-ring (bicyclic) bond motifs is 1. The van der Waals surface area contributed by atoms with Crippen molar-refractivity contribution in [3.8, 4) is 11.4 Å². The van der Waals surface area contributed by atoms with E-state index in [1.165, 1.54) is 0 Å². The second-order valence-electron chi connectivity index (χ2n) is 7.10. The predicted octanol–water partition coefficient (Wildman–Crippen LogP) is 3.67. The average molecular weight is 366 g/mol. The highest BCUT2D eigenvalue weighted by atomic mass is 19.1. The van der Waals surface area contributed by atoms with Gasteiger partial charge in [0, 0.05) is 0 Å². The van der Waals surface area contributed by atoms with Crippen molar-refractivity contribution in [2.45, 2.75) is 25.7 Å². The summed E-state index contributed by atoms with van der Waals surface area (Å²) in [6.45, 7) is 5.36. The topological polar surface area (TPSA) is 75.0 Å². The van der Waals surface area contributed by atoms with E-state index in [-0.39, 0.29) is 5.82 Å². The molecule has 1 aromatic heterocycles. The molecule has 140 valence electrons. The van der Waals surface area contributed by atoms with Gasteiger partial charge in [0.25, 0.3) is 5.91 Å². The molecule has 0 saturated carbocycles. The molecule has 1 amide bonds. The van der Waals surface area contributed by atoms with Crippen molar-refractivity contribution >= 4 is 16.9 Å². The second-order valence-corrected chi connectivity index (χ2v) is 7.10. The minimum Gasteiger partial charge on any atom is -0.366 e. The normalized spacial score (nSPS) is 16.1. The Bertz CT molecular complexity index is 989. The monoisotopic (exact) mass is 366 g/mol. The van der Waals surface area contributed by atoms with Gasteiger partial charge in [-0.15, -0.1) is 0 Å². The van der Waals surface area contributed by atoms with Crippen LogP contribution in [0.1, 0.15) is 41.6 Å². The van der Waals surface area contributed by atoms with Crippen LogP contribution in [0.5, 0.6) is 0 Å². The number of piperidine rings is 1. The Labute approximate surface area is 157 Å². The predicted molar refractivity (Wildman–Crippen MR) is 104 cm³/mol. The third kappa shape index (κ3) is 3.32. The molecular formula is C21H23FN4O. The average Bonchev–Trinajstić information content (AvgIpc) is 3.11. The van der Waals surface area contributed by atoms with Gasteiger partial charge >= 0.3 is 0 Å². The van der Waals surface area contributed by atoms with Crippen LogP contribution in [0.3, 0.4) is 0 Å². The first-order valence-electron chi connectivity index (χ1n) is 9.37. The number of carbonyl (C=O) groups excluding carboxylic acids is 1. The van der Waals surface area contributed by atoms with Crippen molar-refractivity contribution in [3.05, 3.63) is 53.3 Å². The molecule has 1 aliphatic heterocycles. The number of rotatable bonds is 4. The van der Waals surface area contributed by atoms with Gasteiger partial charge in [-0.2, -0.15) is 0 Å². The zero-order chi connectivity index (χ0) is 19.0. The summed E-state index contributed by atoms with van der Waals surface area (Å²) in [7, 11) is 0. The quantitative estimate of drug-likeness (QED) is 0.740. The van der Waals surface area contributed by atoms with E-state index in [4.69, 9.17) is 5.73 Å². The molecule has 5 nitrogen and oxygen atoms in total. The van der Waals surface area contributed by atoms with Crippen LogP contribution < -0.4 is 5.73 Å². The van der Waals surface area contributed by atoms with Gasteiger partial charge in [0.05, 0.1) is 16.6 Å². The standard InChI is InChI=1S/C21H23FN4O/c1-2-26-10-8-13(9-11-26)14-6-7-15(17(22)12-14)21-24-18-5-3-4-16(20(23)27)19(18)25-21/h3-7,12-13H,2,8-11H2,1H3,(H2,23,27)(H,24,25). The van der Waals surface area contributed by atoms with Crippen molar-refractivity contribution in [2.24, 2.45) is 5.73 Å². The Morgan fingerprint density at radius 3 is 2.74 bits per heavy atom. The number of likely N-dealkylation sites (tertiary alicyclic amines) is 1. The number of para-hydroxylation sites is 1. The van der Waals surface area contributed by atoms with Crippen molar-refractivity contribution in [3.63, 3.8) is 0 Å². The number of H-pyrrole nitrogens is 1. The molecule has 0 radical (unpaired) electrons. The lowest BCUT2D eigenvalue weighted by Crippen LogP contribution is -2.32. The number of carbonyl (C=O) groups is 1. The van der Waals surface area contributed by atoms with E-state index in [0.717, 1.165) is 38.0 Å². The lowest BCUT2D eigenvalue weighted by molar-refractivity contribution is 0.100. The van der Waals surface area contributed by atoms with Gasteiger partial charge in [-0.1, -0.05) is 19.1 Å². The Hall–Kier alpha value is -2.73. The summed E-state index contributed by atoms with van der Waals surface area (Å²) in [4.78, 5) is 21.5. The van der Waals surface area contributed by atoms with Gasteiger partial charge in [-0.3, -0.25) is 4.79 Å². The van der Waals surface area contributed by atoms with E-state index in [1.54, 1.807) is 30.3 Å². The maximum absolute atomic E-state index is 14.9. The molecule has 0 unspecified atom stereocenters. The highest BCUT2D eigenvalue weighted by molar-refractivity contribution is 6.04. The smallest absolute Gasteiger partial charge is 0.250 e. The van der Waals surface area contributed by atoms with Gasteiger partial charge in [0.2, 0.25) is 0 Å². The lowest BCUT2D eigenvalue weighted by Gasteiger charge is -2.31. The zero-order valence-corrected chi connectivity index (χ0v) is 15.3. The zero-order valence-electron chi connectivity index (χ0n) is 15.3. The van der Waals surface area contributed by atoms with Crippen molar-refractivity contribution in [1.82, 2.24) is 14.9 Å². The maximum Gasteiger partial charge on any atom is 0.250 e. The fourth-order valence-corrected chi connectivity index (χ4v) is 3.92. The first-order valence-corrected chi connectivity index (χ1v) is 9.37. The number of aromatic amines is 1. The van der Waals surface area contributed by atoms with Crippen LogP contribution in [0, 0.1) is 5.82 Å². The van der Waals surface area contributed by atoms with Crippen LogP contribution in [0.15, 0.2) is 36.4 Å². The van der Waals surface area contributed by atoms with E-state index < -0.39 is 5.91 Å². The minimum atomic E-state index is -0.548. The van der Waals surface area contributed by atoms with Gasteiger partial charge in [-0.05, 0) is 68.2 Å². The number of primary amides is 1. The van der Waals surface area contributed by atoms with Gasteiger partial charge < -0.3 is 15.6 Å². The summed E-state index contributed by atoms with van der Waals surface area (Å²) >= 11 is 0. The third-order valence-corrected chi connectivity index (χ3v) is 5.53. The Kier molecular flexibility index (Phi) is 4.66. The number of nitrogens with one attached hydrogen (secondary N) is 1. The third-order valence-electron chi connectivity index (χ3n) is 5.53. The molecule has 1 fully saturated rings. The molecule has 3 aromatic rings. The molecule has 3 N–H and O–H groups in total. The van der Waals surface area contributed by atoms with Crippen LogP contribution >= 0.6 is 0 Å². The number of amides is 1. The number of hydrogen-bond acceptors (Lipinski definition) is 3. The van der Waals surface area contributed by atoms with Crippen LogP contribution in [-0.4, -0.2) is 40.4 Å². The second kappa shape index (κ2) is 7.12. The van der Waals surface area contributed by atoms with E-state index in [2.05, 4.69) is 21.8 Å². The van der Waals surface area contributed by atoms with Crippen molar-refractivity contribution in [2.75, 3.05) is 19.6 Å². The van der Waals surface area contributed by atoms with Gasteiger partial charge in [-0.25, -0.2) is 9.37 Å². The van der Waals surface area contributed by atoms with Crippen molar-refractivity contribution in [1.29, 1.82) is 0 Å². The molecular weight excluding hydrogens is 343 g/mol. The molecule has 0 bridgehead atoms. The summed E-state index contributed by atoms with van der Waals surface area (Å²) in [6.07, 6.45) is 2.11. The van der Waals surface area contributed by atoms with E-state index in [0.29, 0.717) is 33.9 Å². The first-order chi connectivity index (χ1) is 13.1. The molecule has 4 rings (SSSR count). The van der Waals surface area contributed by atoms with E-state index in [1.807, 2.05) is 6.07 Å². The Morgan fingerprint density at radius 2 is 2.07 bits per heavy atom. The summed E-state index contributed by atoms with van der Waals surface area (Å²) in [6, 6.07) is 10.5. The van der Waals surface area contributed by atoms with Crippen LogP contribution in [-0.2, 0) is 0 Å². The summed E-state index contributed by atoms with van der Waals surface area (Å²) < 4.78 is 14.9. The number of nitrogens with zero attached hydrogens (tertiary/aromatic N) is 2. The molecule has 27 heavy (non-hydrogen) atoms. The Morgan fingerprint density at radius 1 is 1.30 bits per heavy atom. The highest BCUT2D eigenvalue weighted by Crippen LogP contribution is 2.31. The molecule has 1 aliphatic rings. The number of hydrogen-bond donors (Lipinski definition) is 2. The molecule has 6 heteroatoms. The molecule has 0 aliphatic carbocycles. The SMILES string of the molecule is CCN1CCC(c2ccc(-c3nc4c(C(N)=O)cccc4[nH]3)c(F)c2)CC1. The molecule has 2 aromatic carbocycles. The maximum atomic E-state index is 14.9. The minimum absolute atomic E-state index is 0.301. The lowest BCUT2D eigenvalue weighted by atomic mass is 9.89. The number of benzene rings is 2. The number of aromatic nitrogens is 2. The summed E-state index contributed by atoms with van der Waals surface area (Å²) in [5.41, 5.74) is 8.31. The van der Waals surface area contributed by atoms with Crippen molar-refractivity contribution < 1.29 is 9.18 Å². The van der Waals surface area contributed by atoms with Gasteiger partial charge in [0.1, 0.15) is 17.2 Å². The number of nitrogens with two attached hydrogens (primary N) is 1.